The molecule has 23 heavy (non-hydrogen) atoms. The Labute approximate surface area is 139 Å². The average Bonchev–Trinajstić information content (AvgIpc) is 2.63. The van der Waals surface area contributed by atoms with Crippen LogP contribution in [0.25, 0.3) is 0 Å². The van der Waals surface area contributed by atoms with Crippen LogP contribution in [0.2, 0.25) is 0 Å². The number of benzene rings is 1. The summed E-state index contributed by atoms with van der Waals surface area (Å²) in [6, 6.07) is 10.6. The molecule has 0 radical (unpaired) electrons. The lowest BCUT2D eigenvalue weighted by Gasteiger charge is -2.39. The van der Waals surface area contributed by atoms with Crippen molar-refractivity contribution in [3.05, 3.63) is 29.8 Å². The second-order valence-corrected chi connectivity index (χ2v) is 6.75. The first-order valence-electron chi connectivity index (χ1n) is 8.62. The van der Waals surface area contributed by atoms with Gasteiger partial charge in [-0.3, -0.25) is 0 Å². The Balaban J connectivity index is 1.66. The molecule has 1 aromatic carbocycles. The molecular weight excluding hydrogens is 288 g/mol. The molecule has 1 aromatic rings. The maximum atomic E-state index is 9.88. The Bertz CT molecular complexity index is 553. The Kier molecular flexibility index (Phi) is 5.20. The summed E-state index contributed by atoms with van der Waals surface area (Å²) in [6.07, 6.45) is 4.11. The van der Waals surface area contributed by atoms with Crippen molar-refractivity contribution in [2.75, 3.05) is 40.0 Å². The van der Waals surface area contributed by atoms with Crippen molar-refractivity contribution in [1.29, 1.82) is 5.26 Å². The van der Waals surface area contributed by atoms with E-state index >= 15 is 0 Å². The first kappa shape index (κ1) is 16.3. The molecule has 0 unspecified atom stereocenters. The Morgan fingerprint density at radius 2 is 1.96 bits per heavy atom. The average molecular weight is 314 g/mol. The monoisotopic (exact) mass is 314 g/mol. The highest BCUT2D eigenvalue weighted by Crippen LogP contribution is 2.40. The van der Waals surface area contributed by atoms with Crippen LogP contribution < -0.4 is 4.74 Å². The Morgan fingerprint density at radius 1 is 1.26 bits per heavy atom. The third-order valence-corrected chi connectivity index (χ3v) is 5.40. The maximum absolute atomic E-state index is 9.88. The van der Waals surface area contributed by atoms with E-state index < -0.39 is 5.41 Å². The molecule has 0 bridgehead atoms. The number of nitriles is 1. The van der Waals surface area contributed by atoms with Gasteiger partial charge < -0.3 is 14.4 Å². The minimum absolute atomic E-state index is 0.404. The van der Waals surface area contributed by atoms with Crippen molar-refractivity contribution < 1.29 is 9.47 Å². The van der Waals surface area contributed by atoms with E-state index in [4.69, 9.17) is 9.47 Å². The van der Waals surface area contributed by atoms with Gasteiger partial charge in [0.2, 0.25) is 0 Å². The van der Waals surface area contributed by atoms with Crippen LogP contribution in [-0.2, 0) is 10.2 Å². The molecular formula is C19H26N2O2. The van der Waals surface area contributed by atoms with Crippen molar-refractivity contribution in [2.24, 2.45) is 5.92 Å². The normalized spacial score (nSPS) is 22.4. The quantitative estimate of drug-likeness (QED) is 0.857. The Morgan fingerprint density at radius 3 is 2.61 bits per heavy atom. The van der Waals surface area contributed by atoms with Gasteiger partial charge in [-0.1, -0.05) is 18.2 Å². The van der Waals surface area contributed by atoms with E-state index in [1.165, 1.54) is 12.8 Å². The first-order chi connectivity index (χ1) is 11.3. The number of hydrogen-bond acceptors (Lipinski definition) is 4. The van der Waals surface area contributed by atoms with E-state index in [0.29, 0.717) is 0 Å². The molecule has 3 rings (SSSR count). The predicted molar refractivity (Wildman–Crippen MR) is 89.5 cm³/mol. The molecule has 0 aliphatic carbocycles. The van der Waals surface area contributed by atoms with Gasteiger partial charge in [-0.05, 0) is 50.8 Å². The van der Waals surface area contributed by atoms with Gasteiger partial charge in [-0.25, -0.2) is 0 Å². The standard InChI is InChI=1S/C19H26N2O2/c1-22-18-5-3-2-4-17(18)19(15-20)8-10-21(11-9-19)14-16-6-12-23-13-7-16/h2-5,16H,6-14H2,1H3. The second-order valence-electron chi connectivity index (χ2n) is 6.75. The summed E-state index contributed by atoms with van der Waals surface area (Å²) in [6.45, 7) is 4.94. The fraction of sp³-hybridized carbons (Fsp3) is 0.632. The van der Waals surface area contributed by atoms with Crippen LogP contribution in [0.1, 0.15) is 31.2 Å². The smallest absolute Gasteiger partial charge is 0.123 e. The van der Waals surface area contributed by atoms with Crippen molar-refractivity contribution in [2.45, 2.75) is 31.1 Å². The zero-order chi connectivity index (χ0) is 16.1. The number of hydrogen-bond donors (Lipinski definition) is 0. The van der Waals surface area contributed by atoms with Crippen molar-refractivity contribution in [1.82, 2.24) is 4.90 Å². The molecule has 2 aliphatic heterocycles. The fourth-order valence-corrected chi connectivity index (χ4v) is 3.89. The minimum atomic E-state index is -0.404. The highest BCUT2D eigenvalue weighted by molar-refractivity contribution is 5.44. The third-order valence-electron chi connectivity index (χ3n) is 5.40. The van der Waals surface area contributed by atoms with Crippen LogP contribution in [0.5, 0.6) is 5.75 Å². The van der Waals surface area contributed by atoms with E-state index in [1.807, 2.05) is 18.2 Å². The van der Waals surface area contributed by atoms with Gasteiger partial charge in [0, 0.05) is 25.3 Å². The topological polar surface area (TPSA) is 45.5 Å². The van der Waals surface area contributed by atoms with Gasteiger partial charge >= 0.3 is 0 Å². The SMILES string of the molecule is COc1ccccc1C1(C#N)CCN(CC2CCOCC2)CC1. The summed E-state index contributed by atoms with van der Waals surface area (Å²) >= 11 is 0. The third kappa shape index (κ3) is 3.52. The predicted octanol–water partition coefficient (Wildman–Crippen LogP) is 2.98. The van der Waals surface area contributed by atoms with Crippen LogP contribution in [0.3, 0.4) is 0 Å². The van der Waals surface area contributed by atoms with E-state index in [2.05, 4.69) is 17.0 Å². The van der Waals surface area contributed by atoms with E-state index in [1.54, 1.807) is 7.11 Å². The number of methoxy groups -OCH3 is 1. The van der Waals surface area contributed by atoms with Crippen LogP contribution in [-0.4, -0.2) is 44.9 Å². The molecule has 0 amide bonds. The molecule has 0 aromatic heterocycles. The molecule has 0 spiro atoms. The number of piperidine rings is 1. The molecule has 0 N–H and O–H groups in total. The van der Waals surface area contributed by atoms with E-state index in [0.717, 1.165) is 62.9 Å². The number of ether oxygens (including phenoxy) is 2. The Hall–Kier alpha value is -1.57. The number of nitrogens with zero attached hydrogens (tertiary/aromatic N) is 2. The van der Waals surface area contributed by atoms with Crippen LogP contribution >= 0.6 is 0 Å². The molecule has 0 saturated carbocycles. The van der Waals surface area contributed by atoms with Crippen LogP contribution in [0.4, 0.5) is 0 Å². The lowest BCUT2D eigenvalue weighted by Crippen LogP contribution is -2.44. The number of likely N-dealkylation sites (tertiary alicyclic amines) is 1. The molecule has 2 aliphatic rings. The van der Waals surface area contributed by atoms with E-state index in [-0.39, 0.29) is 0 Å². The second kappa shape index (κ2) is 7.33. The van der Waals surface area contributed by atoms with Gasteiger partial charge in [-0.2, -0.15) is 5.26 Å². The summed E-state index contributed by atoms with van der Waals surface area (Å²) in [7, 11) is 1.68. The lowest BCUT2D eigenvalue weighted by molar-refractivity contribution is 0.0468. The fourth-order valence-electron chi connectivity index (χ4n) is 3.89. The largest absolute Gasteiger partial charge is 0.496 e. The molecule has 2 fully saturated rings. The summed E-state index contributed by atoms with van der Waals surface area (Å²) in [5, 5.41) is 9.88. The van der Waals surface area contributed by atoms with Gasteiger partial charge in [0.15, 0.2) is 0 Å². The number of rotatable bonds is 4. The molecule has 124 valence electrons. The molecule has 4 heteroatoms. The minimum Gasteiger partial charge on any atom is -0.496 e. The van der Waals surface area contributed by atoms with Crippen molar-refractivity contribution in [3.8, 4) is 11.8 Å². The zero-order valence-corrected chi connectivity index (χ0v) is 14.0. The highest BCUT2D eigenvalue weighted by Gasteiger charge is 2.38. The molecule has 2 saturated heterocycles. The first-order valence-corrected chi connectivity index (χ1v) is 8.62. The molecule has 2 heterocycles. The van der Waals surface area contributed by atoms with Crippen LogP contribution in [0, 0.1) is 17.2 Å². The zero-order valence-electron chi connectivity index (χ0n) is 14.0. The van der Waals surface area contributed by atoms with Gasteiger partial charge in [-0.15, -0.1) is 0 Å². The maximum Gasteiger partial charge on any atom is 0.123 e. The van der Waals surface area contributed by atoms with Crippen molar-refractivity contribution in [3.63, 3.8) is 0 Å². The summed E-state index contributed by atoms with van der Waals surface area (Å²) in [5.41, 5.74) is 0.648. The number of para-hydroxylation sites is 1. The summed E-state index contributed by atoms with van der Waals surface area (Å²) < 4.78 is 10.9. The van der Waals surface area contributed by atoms with Gasteiger partial charge in [0.05, 0.1) is 18.6 Å². The molecule has 0 atom stereocenters. The molecule has 4 nitrogen and oxygen atoms in total. The van der Waals surface area contributed by atoms with Crippen LogP contribution in [0.15, 0.2) is 24.3 Å². The van der Waals surface area contributed by atoms with Crippen molar-refractivity contribution >= 4 is 0 Å². The lowest BCUT2D eigenvalue weighted by atomic mass is 9.73. The highest BCUT2D eigenvalue weighted by atomic mass is 16.5. The summed E-state index contributed by atoms with van der Waals surface area (Å²) in [4.78, 5) is 2.53. The van der Waals surface area contributed by atoms with Gasteiger partial charge in [0.25, 0.3) is 0 Å². The van der Waals surface area contributed by atoms with E-state index in [9.17, 15) is 5.26 Å². The summed E-state index contributed by atoms with van der Waals surface area (Å²) in [5.74, 6) is 1.59. The van der Waals surface area contributed by atoms with Gasteiger partial charge in [0.1, 0.15) is 5.75 Å².